The number of hydrogen-bond donors (Lipinski definition) is 0. The maximum Gasteiger partial charge on any atom is 0.100 e. The molecule has 0 aliphatic rings. The molecular weight excluding hydrogens is 363 g/mol. The minimum absolute atomic E-state index is 1.20. The average Bonchev–Trinajstić information content (AvgIpc) is 2.67. The molecule has 3 unspecified atom stereocenters. The highest BCUT2D eigenvalue weighted by Gasteiger charge is 2.24. The van der Waals surface area contributed by atoms with Gasteiger partial charge in [0.2, 0.25) is 0 Å². The summed E-state index contributed by atoms with van der Waals surface area (Å²) in [5.41, 5.74) is 4.55. The molecular formula is C23H29PSi2. The van der Waals surface area contributed by atoms with Crippen molar-refractivity contribution in [2.45, 2.75) is 33.9 Å². The highest BCUT2D eigenvalue weighted by atomic mass is 31.0. The molecule has 3 aromatic carbocycles. The van der Waals surface area contributed by atoms with Gasteiger partial charge in [0, 0.05) is 0 Å². The molecule has 0 amide bonds. The first kappa shape index (κ1) is 19.3. The molecule has 0 spiro atoms. The van der Waals surface area contributed by atoms with Crippen LogP contribution in [0.5, 0.6) is 0 Å². The van der Waals surface area contributed by atoms with Gasteiger partial charge in [0.05, 0.1) is 0 Å². The van der Waals surface area contributed by atoms with Crippen molar-refractivity contribution < 1.29 is 0 Å². The molecule has 26 heavy (non-hydrogen) atoms. The van der Waals surface area contributed by atoms with Crippen LogP contribution in [0.2, 0.25) is 13.1 Å². The summed E-state index contributed by atoms with van der Waals surface area (Å²) in [6, 6.07) is 22.2. The van der Waals surface area contributed by atoms with Crippen LogP contribution in [0.15, 0.2) is 60.7 Å². The smallest absolute Gasteiger partial charge is 0.100 e. The fourth-order valence-electron chi connectivity index (χ4n) is 4.39. The molecule has 0 saturated heterocycles. The van der Waals surface area contributed by atoms with E-state index in [4.69, 9.17) is 0 Å². The summed E-state index contributed by atoms with van der Waals surface area (Å²) in [6.45, 7) is 12.0. The predicted molar refractivity (Wildman–Crippen MR) is 127 cm³/mol. The van der Waals surface area contributed by atoms with Crippen molar-refractivity contribution in [3.8, 4) is 0 Å². The predicted octanol–water partition coefficient (Wildman–Crippen LogP) is 2.05. The Balaban J connectivity index is 2.20. The standard InChI is InChI=1S/C23H29PSi2/c1-16-21(24)17(2)23(26(5)20-14-10-7-11-15-20)18(3)22(16)25(4)19-12-8-6-9-13-19/h6-15,25-26H,24H2,1-5H3. The van der Waals surface area contributed by atoms with Crippen molar-refractivity contribution in [1.82, 2.24) is 0 Å². The molecule has 3 heteroatoms. The molecule has 0 radical (unpaired) electrons. The third-order valence-electron chi connectivity index (χ3n) is 5.89. The quantitative estimate of drug-likeness (QED) is 0.471. The van der Waals surface area contributed by atoms with Gasteiger partial charge in [-0.05, 0) is 37.2 Å². The van der Waals surface area contributed by atoms with E-state index in [2.05, 4.69) is 104 Å². The Morgan fingerprint density at radius 3 is 1.27 bits per heavy atom. The van der Waals surface area contributed by atoms with Crippen LogP contribution in [0, 0.1) is 20.8 Å². The lowest BCUT2D eigenvalue weighted by molar-refractivity contribution is 1.42. The van der Waals surface area contributed by atoms with Crippen molar-refractivity contribution in [3.05, 3.63) is 77.4 Å². The topological polar surface area (TPSA) is 0 Å². The van der Waals surface area contributed by atoms with Gasteiger partial charge < -0.3 is 0 Å². The van der Waals surface area contributed by atoms with Crippen molar-refractivity contribution in [3.63, 3.8) is 0 Å². The molecule has 3 rings (SSSR count). The number of rotatable bonds is 4. The van der Waals surface area contributed by atoms with Crippen LogP contribution in [-0.2, 0) is 0 Å². The van der Waals surface area contributed by atoms with E-state index in [1.54, 1.807) is 15.9 Å². The third-order valence-corrected chi connectivity index (χ3v) is 13.0. The Morgan fingerprint density at radius 2 is 0.923 bits per heavy atom. The molecule has 0 saturated carbocycles. The summed E-state index contributed by atoms with van der Waals surface area (Å²) in [7, 11) is 0.644. The molecule has 0 aromatic heterocycles. The average molecular weight is 393 g/mol. The molecule has 134 valence electrons. The SMILES string of the molecule is Cc1c(P)c(C)c([SiH](C)c2ccccc2)c(C)c1[SiH](C)c1ccccc1. The minimum Gasteiger partial charge on any atom is -0.105 e. The zero-order valence-electron chi connectivity index (χ0n) is 16.5. The van der Waals surface area contributed by atoms with E-state index < -0.39 is 17.6 Å². The van der Waals surface area contributed by atoms with E-state index in [-0.39, 0.29) is 0 Å². The van der Waals surface area contributed by atoms with Gasteiger partial charge in [-0.3, -0.25) is 0 Å². The Kier molecular flexibility index (Phi) is 5.97. The Bertz CT molecular complexity index is 832. The largest absolute Gasteiger partial charge is 0.105 e. The summed E-state index contributed by atoms with van der Waals surface area (Å²) >= 11 is 0. The van der Waals surface area contributed by atoms with E-state index in [0.29, 0.717) is 0 Å². The van der Waals surface area contributed by atoms with Crippen LogP contribution in [0.3, 0.4) is 0 Å². The zero-order valence-corrected chi connectivity index (χ0v) is 20.0. The van der Waals surface area contributed by atoms with Crippen LogP contribution in [0.1, 0.15) is 16.7 Å². The maximum absolute atomic E-state index is 3.05. The maximum atomic E-state index is 3.05. The first-order valence-electron chi connectivity index (χ1n) is 9.42. The highest BCUT2D eigenvalue weighted by molar-refractivity contribution is 7.28. The van der Waals surface area contributed by atoms with Gasteiger partial charge in [-0.2, -0.15) is 0 Å². The van der Waals surface area contributed by atoms with Crippen molar-refractivity contribution in [1.29, 1.82) is 0 Å². The lowest BCUT2D eigenvalue weighted by Gasteiger charge is -2.27. The van der Waals surface area contributed by atoms with Crippen LogP contribution in [0.4, 0.5) is 0 Å². The zero-order chi connectivity index (χ0) is 18.8. The van der Waals surface area contributed by atoms with Gasteiger partial charge in [-0.1, -0.05) is 100 Å². The van der Waals surface area contributed by atoms with Crippen LogP contribution >= 0.6 is 9.24 Å². The van der Waals surface area contributed by atoms with Crippen LogP contribution in [0.25, 0.3) is 0 Å². The van der Waals surface area contributed by atoms with Gasteiger partial charge in [-0.15, -0.1) is 9.24 Å². The number of hydrogen-bond acceptors (Lipinski definition) is 0. The van der Waals surface area contributed by atoms with Gasteiger partial charge in [0.1, 0.15) is 17.6 Å². The summed E-state index contributed by atoms with van der Waals surface area (Å²) in [6.07, 6.45) is 0. The molecule has 3 atom stereocenters. The van der Waals surface area contributed by atoms with E-state index in [1.165, 1.54) is 26.8 Å². The normalized spacial score (nSPS) is 13.5. The molecule has 0 aliphatic carbocycles. The first-order chi connectivity index (χ1) is 12.4. The summed E-state index contributed by atoms with van der Waals surface area (Å²) in [4.78, 5) is 0. The monoisotopic (exact) mass is 392 g/mol. The number of benzene rings is 3. The van der Waals surface area contributed by atoms with Crippen molar-refractivity contribution >= 4 is 52.9 Å². The molecule has 3 aromatic rings. The van der Waals surface area contributed by atoms with Crippen molar-refractivity contribution in [2.24, 2.45) is 0 Å². The Labute approximate surface area is 164 Å². The molecule has 0 aliphatic heterocycles. The van der Waals surface area contributed by atoms with Crippen LogP contribution < -0.4 is 26.1 Å². The second-order valence-corrected chi connectivity index (χ2v) is 13.3. The van der Waals surface area contributed by atoms with E-state index >= 15 is 0 Å². The highest BCUT2D eigenvalue weighted by Crippen LogP contribution is 2.10. The van der Waals surface area contributed by atoms with Gasteiger partial charge in [0.15, 0.2) is 0 Å². The molecule has 0 nitrogen and oxygen atoms in total. The van der Waals surface area contributed by atoms with E-state index in [0.717, 1.165) is 0 Å². The molecule has 0 fully saturated rings. The second-order valence-electron chi connectivity index (χ2n) is 7.38. The fraction of sp³-hybridized carbons (Fsp3) is 0.217. The fourth-order valence-corrected chi connectivity index (χ4v) is 10.7. The van der Waals surface area contributed by atoms with Gasteiger partial charge in [0.25, 0.3) is 0 Å². The third kappa shape index (κ3) is 3.51. The van der Waals surface area contributed by atoms with Gasteiger partial charge in [-0.25, -0.2) is 0 Å². The second kappa shape index (κ2) is 8.04. The lowest BCUT2D eigenvalue weighted by atomic mass is 10.1. The molecule has 0 N–H and O–H groups in total. The Hall–Kier alpha value is -1.48. The summed E-state index contributed by atoms with van der Waals surface area (Å²) in [5, 5.41) is 7.79. The minimum atomic E-state index is -1.20. The van der Waals surface area contributed by atoms with E-state index in [9.17, 15) is 0 Å². The summed E-state index contributed by atoms with van der Waals surface area (Å²) < 4.78 is 0. The van der Waals surface area contributed by atoms with Gasteiger partial charge >= 0.3 is 0 Å². The first-order valence-corrected chi connectivity index (χ1v) is 14.6. The summed E-state index contributed by atoms with van der Waals surface area (Å²) in [5.74, 6) is 0. The molecule has 0 heterocycles. The van der Waals surface area contributed by atoms with Crippen molar-refractivity contribution in [2.75, 3.05) is 0 Å². The van der Waals surface area contributed by atoms with E-state index in [1.807, 2.05) is 0 Å². The lowest BCUT2D eigenvalue weighted by Crippen LogP contribution is -2.52. The van der Waals surface area contributed by atoms with Crippen LogP contribution in [-0.4, -0.2) is 17.6 Å². The molecule has 0 bridgehead atoms. The Morgan fingerprint density at radius 1 is 0.577 bits per heavy atom.